The molecular weight excluding hydrogens is 452 g/mol. The maximum atomic E-state index is 13.0. The Morgan fingerprint density at radius 1 is 1.00 bits per heavy atom. The van der Waals surface area contributed by atoms with Gasteiger partial charge in [0.05, 0.1) is 26.9 Å². The van der Waals surface area contributed by atoms with Crippen molar-refractivity contribution in [1.29, 1.82) is 0 Å². The number of ether oxygens (including phenoxy) is 3. The number of methoxy groups -OCH3 is 3. The number of carbonyl (C=O) groups excluding carboxylic acids is 3. The van der Waals surface area contributed by atoms with Crippen LogP contribution in [-0.2, 0) is 45.9 Å². The maximum Gasteiger partial charge on any atom is 0.320 e. The highest BCUT2D eigenvalue weighted by atomic mass is 28.4. The predicted molar refractivity (Wildman–Crippen MR) is 132 cm³/mol. The molecule has 2 rings (SSSR count). The quantitative estimate of drug-likeness (QED) is 0.159. The molecule has 0 aromatic heterocycles. The van der Waals surface area contributed by atoms with E-state index in [-0.39, 0.29) is 17.4 Å². The van der Waals surface area contributed by atoms with Crippen LogP contribution in [0, 0.1) is 11.3 Å². The molecule has 0 N–H and O–H groups in total. The number of hydrogen-bond acceptors (Lipinski definition) is 7. The summed E-state index contributed by atoms with van der Waals surface area (Å²) in [6.45, 7) is 14.8. The molecule has 0 amide bonds. The lowest BCUT2D eigenvalue weighted by molar-refractivity contribution is -0.158. The Labute approximate surface area is 203 Å². The second-order valence-electron chi connectivity index (χ2n) is 10.5. The van der Waals surface area contributed by atoms with Crippen LogP contribution in [0.2, 0.25) is 18.1 Å². The lowest BCUT2D eigenvalue weighted by Crippen LogP contribution is -2.47. The first-order valence-electron chi connectivity index (χ1n) is 11.4. The summed E-state index contributed by atoms with van der Waals surface area (Å²) >= 11 is 0. The van der Waals surface area contributed by atoms with Gasteiger partial charge in [-0.2, -0.15) is 0 Å². The average molecular weight is 491 g/mol. The van der Waals surface area contributed by atoms with Crippen molar-refractivity contribution in [2.24, 2.45) is 11.3 Å². The molecule has 0 heterocycles. The first kappa shape index (κ1) is 27.8. The smallest absolute Gasteiger partial charge is 0.320 e. The van der Waals surface area contributed by atoms with Gasteiger partial charge in [-0.3, -0.25) is 14.4 Å². The fraction of sp³-hybridized carbons (Fsp3) is 0.577. The summed E-state index contributed by atoms with van der Waals surface area (Å²) < 4.78 is 21.4. The molecule has 7 nitrogen and oxygen atoms in total. The molecule has 34 heavy (non-hydrogen) atoms. The van der Waals surface area contributed by atoms with Gasteiger partial charge in [-0.1, -0.05) is 51.1 Å². The van der Waals surface area contributed by atoms with Crippen molar-refractivity contribution in [2.45, 2.75) is 63.8 Å². The molecule has 1 aliphatic rings. The van der Waals surface area contributed by atoms with Gasteiger partial charge in [0.15, 0.2) is 14.2 Å². The zero-order valence-corrected chi connectivity index (χ0v) is 22.7. The first-order valence-corrected chi connectivity index (χ1v) is 14.3. The van der Waals surface area contributed by atoms with E-state index in [2.05, 4.69) is 40.4 Å². The fourth-order valence-corrected chi connectivity index (χ4v) is 5.67. The van der Waals surface area contributed by atoms with Crippen LogP contribution < -0.4 is 0 Å². The number of carbonyl (C=O) groups is 3. The van der Waals surface area contributed by atoms with Crippen molar-refractivity contribution < 1.29 is 33.0 Å². The molecule has 2 atom stereocenters. The van der Waals surface area contributed by atoms with Crippen molar-refractivity contribution in [1.82, 2.24) is 0 Å². The van der Waals surface area contributed by atoms with Gasteiger partial charge in [-0.25, -0.2) is 0 Å². The molecule has 0 aliphatic heterocycles. The predicted octanol–water partition coefficient (Wildman–Crippen LogP) is 4.24. The average Bonchev–Trinajstić information content (AvgIpc) is 3.42. The lowest BCUT2D eigenvalue weighted by Gasteiger charge is -2.40. The minimum atomic E-state index is -2.19. The maximum absolute atomic E-state index is 13.0. The van der Waals surface area contributed by atoms with Crippen LogP contribution in [-0.4, -0.2) is 53.2 Å². The molecule has 1 aromatic rings. The Balaban J connectivity index is 2.29. The van der Waals surface area contributed by atoms with Crippen molar-refractivity contribution >= 4 is 26.2 Å². The van der Waals surface area contributed by atoms with Gasteiger partial charge in [0.2, 0.25) is 0 Å². The molecule has 188 valence electrons. The van der Waals surface area contributed by atoms with E-state index in [0.29, 0.717) is 12.8 Å². The summed E-state index contributed by atoms with van der Waals surface area (Å²) in [5, 5.41) is -0.0229. The second-order valence-corrected chi connectivity index (χ2v) is 15.2. The summed E-state index contributed by atoms with van der Waals surface area (Å²) in [6.07, 6.45) is 2.86. The second kappa shape index (κ2) is 10.0. The van der Waals surface area contributed by atoms with Crippen molar-refractivity contribution in [3.63, 3.8) is 0 Å². The highest BCUT2D eigenvalue weighted by molar-refractivity contribution is 6.74. The lowest BCUT2D eigenvalue weighted by atomic mass is 9.91. The number of hydrogen-bond donors (Lipinski definition) is 0. The van der Waals surface area contributed by atoms with E-state index in [1.54, 1.807) is 6.08 Å². The molecule has 1 aliphatic carbocycles. The molecule has 8 heteroatoms. The number of esters is 3. The van der Waals surface area contributed by atoms with Crippen LogP contribution in [0.4, 0.5) is 0 Å². The number of rotatable bonds is 10. The van der Waals surface area contributed by atoms with Crippen LogP contribution in [0.25, 0.3) is 0 Å². The third kappa shape index (κ3) is 5.28. The summed E-state index contributed by atoms with van der Waals surface area (Å²) in [4.78, 5) is 37.0. The molecule has 1 saturated carbocycles. The van der Waals surface area contributed by atoms with Crippen LogP contribution in [0.3, 0.4) is 0 Å². The molecule has 1 fully saturated rings. The Hall–Kier alpha value is -2.45. The van der Waals surface area contributed by atoms with Gasteiger partial charge >= 0.3 is 17.9 Å². The number of benzene rings is 1. The van der Waals surface area contributed by atoms with Crippen LogP contribution in [0.1, 0.15) is 38.3 Å². The van der Waals surface area contributed by atoms with Crippen LogP contribution >= 0.6 is 0 Å². The first-order chi connectivity index (χ1) is 15.7. The third-order valence-electron chi connectivity index (χ3n) is 7.34. The highest BCUT2D eigenvalue weighted by Crippen LogP contribution is 2.64. The Morgan fingerprint density at radius 3 is 1.91 bits per heavy atom. The molecular formula is C26H38O7Si. The van der Waals surface area contributed by atoms with Gasteiger partial charge in [-0.15, -0.1) is 6.58 Å². The van der Waals surface area contributed by atoms with Crippen molar-refractivity contribution in [3.8, 4) is 0 Å². The van der Waals surface area contributed by atoms with E-state index in [9.17, 15) is 14.4 Å². The molecule has 1 aromatic carbocycles. The summed E-state index contributed by atoms with van der Waals surface area (Å²) in [7, 11) is 1.68. The van der Waals surface area contributed by atoms with Crippen LogP contribution in [0.15, 0.2) is 36.9 Å². The summed E-state index contributed by atoms with van der Waals surface area (Å²) in [5.41, 5.74) is 0.0772. The molecule has 0 bridgehead atoms. The molecule has 0 spiro atoms. The monoisotopic (exact) mass is 490 g/mol. The normalized spacial score (nSPS) is 22.1. The topological polar surface area (TPSA) is 88.1 Å². The highest BCUT2D eigenvalue weighted by Gasteiger charge is 2.73. The van der Waals surface area contributed by atoms with E-state index >= 15 is 0 Å². The van der Waals surface area contributed by atoms with Gasteiger partial charge in [0.1, 0.15) is 5.41 Å². The Kier molecular flexibility index (Phi) is 8.20. The van der Waals surface area contributed by atoms with Gasteiger partial charge < -0.3 is 18.6 Å². The van der Waals surface area contributed by atoms with Crippen molar-refractivity contribution in [3.05, 3.63) is 48.0 Å². The fourth-order valence-electron chi connectivity index (χ4n) is 4.10. The zero-order valence-electron chi connectivity index (χ0n) is 21.7. The van der Waals surface area contributed by atoms with Gasteiger partial charge in [-0.05, 0) is 48.5 Å². The van der Waals surface area contributed by atoms with E-state index < -0.39 is 37.2 Å². The standard InChI is InChI=1S/C26H38O7Si/c1-10-26(33-34(8,9)24(2,3)4)17-25(26,23(29)32-7)16-19-13-11-18(12-14-19)15-20(21(27)30-5)22(28)31-6/h10-14,20H,1,15-17H2,2-9H3. The molecule has 0 radical (unpaired) electrons. The minimum Gasteiger partial charge on any atom is -0.468 e. The van der Waals surface area contributed by atoms with Crippen LogP contribution in [0.5, 0.6) is 0 Å². The molecule has 2 unspecified atom stereocenters. The summed E-state index contributed by atoms with van der Waals surface area (Å²) in [5.74, 6) is -2.63. The largest absolute Gasteiger partial charge is 0.468 e. The SMILES string of the molecule is C=CC1(O[Si](C)(C)C(C)(C)C)CC1(Cc1ccc(CC(C(=O)OC)C(=O)OC)cc1)C(=O)OC. The third-order valence-corrected chi connectivity index (χ3v) is 11.8. The van der Waals surface area contributed by atoms with Crippen molar-refractivity contribution in [2.75, 3.05) is 21.3 Å². The molecule has 0 saturated heterocycles. The van der Waals surface area contributed by atoms with E-state index in [1.807, 2.05) is 24.3 Å². The van der Waals surface area contributed by atoms with E-state index in [1.165, 1.54) is 21.3 Å². The Bertz CT molecular complexity index is 915. The Morgan fingerprint density at radius 2 is 1.50 bits per heavy atom. The van der Waals surface area contributed by atoms with Gasteiger partial charge in [0, 0.05) is 0 Å². The summed E-state index contributed by atoms with van der Waals surface area (Å²) in [6, 6.07) is 7.46. The van der Waals surface area contributed by atoms with Gasteiger partial charge in [0.25, 0.3) is 0 Å². The zero-order chi connectivity index (χ0) is 25.9. The van der Waals surface area contributed by atoms with E-state index in [0.717, 1.165) is 11.1 Å². The minimum absolute atomic E-state index is 0.0229. The van der Waals surface area contributed by atoms with E-state index in [4.69, 9.17) is 18.6 Å².